The Hall–Kier alpha value is -2.08. The predicted molar refractivity (Wildman–Crippen MR) is 69.1 cm³/mol. The number of benzene rings is 1. The van der Waals surface area contributed by atoms with E-state index in [1.165, 1.54) is 6.92 Å². The fourth-order valence-electron chi connectivity index (χ4n) is 1.71. The Morgan fingerprint density at radius 3 is 2.38 bits per heavy atom. The highest BCUT2D eigenvalue weighted by Gasteiger charge is 2.39. The van der Waals surface area contributed by atoms with Crippen molar-refractivity contribution in [1.82, 2.24) is 14.9 Å². The number of nitrogens with one attached hydrogen (secondary N) is 1. The number of halogens is 5. The molecule has 1 atom stereocenters. The monoisotopic (exact) mass is 371 g/mol. The van der Waals surface area contributed by atoms with Crippen molar-refractivity contribution in [2.75, 3.05) is 0 Å². The molecule has 1 heterocycles. The minimum Gasteiger partial charge on any atom is -0.329 e. The van der Waals surface area contributed by atoms with Crippen molar-refractivity contribution in [1.29, 1.82) is 0 Å². The summed E-state index contributed by atoms with van der Waals surface area (Å²) >= 11 is 0. The fourth-order valence-corrected chi connectivity index (χ4v) is 2.98. The average molecular weight is 371 g/mol. The molecule has 0 bridgehead atoms. The Bertz CT molecular complexity index is 863. The zero-order chi connectivity index (χ0) is 18.3. The van der Waals surface area contributed by atoms with Crippen LogP contribution in [0.15, 0.2) is 21.6 Å². The molecule has 24 heavy (non-hydrogen) atoms. The second kappa shape index (κ2) is 6.09. The molecule has 6 nitrogen and oxygen atoms in total. The number of alkyl halides is 3. The van der Waals surface area contributed by atoms with E-state index in [-0.39, 0.29) is 5.56 Å². The first-order chi connectivity index (χ1) is 10.9. The average Bonchev–Trinajstić information content (AvgIpc) is 2.94. The summed E-state index contributed by atoms with van der Waals surface area (Å²) in [4.78, 5) is 2.03. The highest BCUT2D eigenvalue weighted by molar-refractivity contribution is 7.89. The molecule has 2 rings (SSSR count). The van der Waals surface area contributed by atoms with Gasteiger partial charge in [0.1, 0.15) is 4.90 Å². The fraction of sp³-hybridized carbons (Fsp3) is 0.333. The molecule has 0 aliphatic carbocycles. The summed E-state index contributed by atoms with van der Waals surface area (Å²) in [7, 11) is -4.57. The van der Waals surface area contributed by atoms with E-state index in [0.717, 1.165) is 19.1 Å². The molecule has 1 aromatic carbocycles. The summed E-state index contributed by atoms with van der Waals surface area (Å²) in [6.45, 7) is 2.36. The van der Waals surface area contributed by atoms with E-state index in [1.807, 2.05) is 4.72 Å². The normalized spacial score (nSPS) is 14.0. The summed E-state index contributed by atoms with van der Waals surface area (Å²) in [5.74, 6) is -5.21. The molecule has 0 fully saturated rings. The molecule has 0 radical (unpaired) electrons. The van der Waals surface area contributed by atoms with Crippen LogP contribution < -0.4 is 4.72 Å². The molecule has 1 N–H and O–H groups in total. The van der Waals surface area contributed by atoms with Gasteiger partial charge in [-0.05, 0) is 25.5 Å². The first kappa shape index (κ1) is 18.3. The standard InChI is InChI=1S/C12H10F5N3O3S/c1-5-3-4-7(9(14)8(5)13)24(21,22)20-6(2)10-18-11(23-19-10)12(15,16)17/h3-4,6,20H,1-2H3. The van der Waals surface area contributed by atoms with E-state index < -0.39 is 50.5 Å². The first-order valence-electron chi connectivity index (χ1n) is 6.31. The van der Waals surface area contributed by atoms with Crippen LogP contribution >= 0.6 is 0 Å². The number of aryl methyl sites for hydroxylation is 1. The molecule has 0 saturated heterocycles. The van der Waals surface area contributed by atoms with Crippen LogP contribution in [0.5, 0.6) is 0 Å². The van der Waals surface area contributed by atoms with Crippen LogP contribution in [0.1, 0.15) is 30.2 Å². The lowest BCUT2D eigenvalue weighted by atomic mass is 10.2. The van der Waals surface area contributed by atoms with E-state index in [1.54, 1.807) is 0 Å². The zero-order valence-electron chi connectivity index (χ0n) is 12.1. The van der Waals surface area contributed by atoms with Crippen molar-refractivity contribution in [3.63, 3.8) is 0 Å². The highest BCUT2D eigenvalue weighted by atomic mass is 32.2. The molecular weight excluding hydrogens is 361 g/mol. The Morgan fingerprint density at radius 2 is 1.83 bits per heavy atom. The molecule has 0 spiro atoms. The van der Waals surface area contributed by atoms with Crippen molar-refractivity contribution in [3.05, 3.63) is 41.0 Å². The molecule has 0 saturated carbocycles. The summed E-state index contributed by atoms with van der Waals surface area (Å²) in [5, 5.41) is 3.01. The van der Waals surface area contributed by atoms with Crippen LogP contribution in [0, 0.1) is 18.6 Å². The van der Waals surface area contributed by atoms with Gasteiger partial charge in [0.15, 0.2) is 17.5 Å². The topological polar surface area (TPSA) is 85.1 Å². The minimum absolute atomic E-state index is 0.104. The third kappa shape index (κ3) is 3.53. The summed E-state index contributed by atoms with van der Waals surface area (Å²) in [6, 6.07) is 0.507. The summed E-state index contributed by atoms with van der Waals surface area (Å²) < 4.78 is 94.4. The maximum atomic E-state index is 13.8. The molecule has 12 heteroatoms. The summed E-state index contributed by atoms with van der Waals surface area (Å²) in [5.41, 5.74) is -0.104. The molecule has 132 valence electrons. The van der Waals surface area contributed by atoms with Crippen molar-refractivity contribution in [2.45, 2.75) is 31.0 Å². The number of sulfonamides is 1. The molecule has 1 unspecified atom stereocenters. The van der Waals surface area contributed by atoms with Gasteiger partial charge in [-0.3, -0.25) is 0 Å². The number of hydrogen-bond donors (Lipinski definition) is 1. The van der Waals surface area contributed by atoms with E-state index >= 15 is 0 Å². The van der Waals surface area contributed by atoms with Gasteiger partial charge < -0.3 is 4.52 Å². The van der Waals surface area contributed by atoms with Gasteiger partial charge in [-0.1, -0.05) is 11.2 Å². The lowest BCUT2D eigenvalue weighted by Gasteiger charge is -2.12. The van der Waals surface area contributed by atoms with Gasteiger partial charge in [-0.2, -0.15) is 18.2 Å². The second-order valence-corrected chi connectivity index (χ2v) is 6.49. The number of nitrogens with zero attached hydrogens (tertiary/aromatic N) is 2. The minimum atomic E-state index is -4.89. The smallest absolute Gasteiger partial charge is 0.329 e. The maximum absolute atomic E-state index is 13.8. The zero-order valence-corrected chi connectivity index (χ0v) is 13.0. The van der Waals surface area contributed by atoms with E-state index in [9.17, 15) is 30.4 Å². The highest BCUT2D eigenvalue weighted by Crippen LogP contribution is 2.28. The van der Waals surface area contributed by atoms with Crippen LogP contribution in [0.4, 0.5) is 22.0 Å². The quantitative estimate of drug-likeness (QED) is 0.836. The van der Waals surface area contributed by atoms with Crippen LogP contribution in [-0.2, 0) is 16.2 Å². The van der Waals surface area contributed by atoms with E-state index in [0.29, 0.717) is 0 Å². The van der Waals surface area contributed by atoms with Gasteiger partial charge in [-0.25, -0.2) is 21.9 Å². The van der Waals surface area contributed by atoms with E-state index in [4.69, 9.17) is 0 Å². The molecular formula is C12H10F5N3O3S. The van der Waals surface area contributed by atoms with Crippen LogP contribution in [-0.4, -0.2) is 18.6 Å². The molecule has 0 aliphatic rings. The van der Waals surface area contributed by atoms with Gasteiger partial charge >= 0.3 is 12.1 Å². The van der Waals surface area contributed by atoms with Crippen LogP contribution in [0.25, 0.3) is 0 Å². The van der Waals surface area contributed by atoms with Gasteiger partial charge in [0.05, 0.1) is 6.04 Å². The molecule has 1 aromatic heterocycles. The Kier molecular flexibility index (Phi) is 4.63. The maximum Gasteiger partial charge on any atom is 0.471 e. The first-order valence-corrected chi connectivity index (χ1v) is 7.79. The largest absolute Gasteiger partial charge is 0.471 e. The van der Waals surface area contributed by atoms with Gasteiger partial charge in [-0.15, -0.1) is 0 Å². The predicted octanol–water partition coefficient (Wildman–Crippen LogP) is 2.71. The third-order valence-electron chi connectivity index (χ3n) is 2.93. The van der Waals surface area contributed by atoms with Crippen molar-refractivity contribution in [2.24, 2.45) is 0 Å². The molecule has 0 aliphatic heterocycles. The van der Waals surface area contributed by atoms with Crippen molar-refractivity contribution in [3.8, 4) is 0 Å². The second-order valence-electron chi connectivity index (χ2n) is 4.81. The van der Waals surface area contributed by atoms with Gasteiger partial charge in [0.2, 0.25) is 10.0 Å². The Labute approximate surface area is 132 Å². The Balaban J connectivity index is 2.29. The third-order valence-corrected chi connectivity index (χ3v) is 4.49. The van der Waals surface area contributed by atoms with Crippen molar-refractivity contribution >= 4 is 10.0 Å². The molecule has 2 aromatic rings. The van der Waals surface area contributed by atoms with Crippen LogP contribution in [0.2, 0.25) is 0 Å². The lowest BCUT2D eigenvalue weighted by molar-refractivity contribution is -0.159. The number of rotatable bonds is 4. The van der Waals surface area contributed by atoms with Crippen molar-refractivity contribution < 1.29 is 34.9 Å². The van der Waals surface area contributed by atoms with Gasteiger partial charge in [0.25, 0.3) is 0 Å². The summed E-state index contributed by atoms with van der Waals surface area (Å²) in [6.07, 6.45) is -4.89. The van der Waals surface area contributed by atoms with E-state index in [2.05, 4.69) is 14.7 Å². The lowest BCUT2D eigenvalue weighted by Crippen LogP contribution is -2.28. The number of hydrogen-bond acceptors (Lipinski definition) is 5. The van der Waals surface area contributed by atoms with Gasteiger partial charge in [0, 0.05) is 0 Å². The van der Waals surface area contributed by atoms with Crippen LogP contribution in [0.3, 0.4) is 0 Å². The SMILES string of the molecule is Cc1ccc(S(=O)(=O)NC(C)c2noc(C(F)(F)F)n2)c(F)c1F. The Morgan fingerprint density at radius 1 is 1.21 bits per heavy atom. The molecule has 0 amide bonds. The number of aromatic nitrogens is 2.